The quantitative estimate of drug-likeness (QED) is 0.0385. The lowest BCUT2D eigenvalue weighted by atomic mass is 9.96. The number of aliphatic hydroxyl groups is 1. The van der Waals surface area contributed by atoms with E-state index < -0.39 is 17.7 Å². The Hall–Kier alpha value is -4.19. The van der Waals surface area contributed by atoms with Crippen LogP contribution in [-0.4, -0.2) is 43.0 Å². The van der Waals surface area contributed by atoms with E-state index >= 15 is 0 Å². The molecule has 45 heavy (non-hydrogen) atoms. The molecule has 0 radical (unpaired) electrons. The molecule has 1 unspecified atom stereocenters. The molecule has 1 amide bonds. The third-order valence-corrected chi connectivity index (χ3v) is 9.97. The molecule has 2 aromatic carbocycles. The van der Waals surface area contributed by atoms with Gasteiger partial charge in [0.25, 0.3) is 5.78 Å². The van der Waals surface area contributed by atoms with Gasteiger partial charge in [0.1, 0.15) is 17.1 Å². The first-order valence-corrected chi connectivity index (χ1v) is 16.7. The van der Waals surface area contributed by atoms with Gasteiger partial charge in [0.15, 0.2) is 10.1 Å². The molecule has 0 saturated carbocycles. The van der Waals surface area contributed by atoms with Crippen LogP contribution in [0, 0.1) is 6.92 Å². The Kier molecular flexibility index (Phi) is 9.20. The van der Waals surface area contributed by atoms with Crippen LogP contribution in [0.25, 0.3) is 11.4 Å². The van der Waals surface area contributed by atoms with Gasteiger partial charge < -0.3 is 9.84 Å². The standard InChI is InChI=1S/C33H30ClN5O4S2/c1-3-4-9-18-43-23-15-13-21(14-16-23)28-26(29(40)27-20(2)35-25-12-7-8-17-38(25)27)30(41)31(42)39(28)32-36-37-33(45-32)44-19-22-10-5-6-11-24(22)34/h5-8,10-17,28,40H,3-4,9,18-19H2,1-2H3/b29-26+. The molecule has 3 aromatic heterocycles. The number of imidazole rings is 1. The number of halogens is 1. The Labute approximate surface area is 273 Å². The number of fused-ring (bicyclic) bond motifs is 1. The van der Waals surface area contributed by atoms with Crippen LogP contribution in [0.1, 0.15) is 54.7 Å². The molecule has 6 rings (SSSR count). The van der Waals surface area contributed by atoms with Crippen molar-refractivity contribution in [3.05, 3.63) is 106 Å². The molecule has 9 nitrogen and oxygen atoms in total. The molecule has 12 heteroatoms. The van der Waals surface area contributed by atoms with Crippen LogP contribution < -0.4 is 9.64 Å². The lowest BCUT2D eigenvalue weighted by Crippen LogP contribution is -2.29. The van der Waals surface area contributed by atoms with Crippen LogP contribution in [0.5, 0.6) is 5.75 Å². The number of ether oxygens (including phenoxy) is 1. The fraction of sp³-hybridized carbons (Fsp3) is 0.242. The minimum atomic E-state index is -0.956. The van der Waals surface area contributed by atoms with Gasteiger partial charge in [-0.15, -0.1) is 10.2 Å². The van der Waals surface area contributed by atoms with Crippen molar-refractivity contribution in [1.29, 1.82) is 0 Å². The molecule has 1 fully saturated rings. The third kappa shape index (κ3) is 6.20. The average Bonchev–Trinajstić information content (AvgIpc) is 3.72. The molecule has 4 heterocycles. The molecule has 0 aliphatic carbocycles. The van der Waals surface area contributed by atoms with E-state index in [0.717, 1.165) is 24.8 Å². The van der Waals surface area contributed by atoms with E-state index in [1.165, 1.54) is 28.0 Å². The van der Waals surface area contributed by atoms with Crippen LogP contribution in [0.3, 0.4) is 0 Å². The first-order chi connectivity index (χ1) is 21.9. The lowest BCUT2D eigenvalue weighted by molar-refractivity contribution is -0.132. The van der Waals surface area contributed by atoms with E-state index in [1.54, 1.807) is 29.7 Å². The van der Waals surface area contributed by atoms with Gasteiger partial charge in [0, 0.05) is 17.0 Å². The van der Waals surface area contributed by atoms with Gasteiger partial charge in [-0.3, -0.25) is 18.9 Å². The minimum Gasteiger partial charge on any atom is -0.505 e. The number of hydrogen-bond acceptors (Lipinski definition) is 9. The van der Waals surface area contributed by atoms with Crippen LogP contribution in [0.2, 0.25) is 5.02 Å². The normalized spacial score (nSPS) is 16.2. The predicted octanol–water partition coefficient (Wildman–Crippen LogP) is 7.64. The van der Waals surface area contributed by atoms with Crippen molar-refractivity contribution in [3.63, 3.8) is 0 Å². The summed E-state index contributed by atoms with van der Waals surface area (Å²) < 4.78 is 8.21. The van der Waals surface area contributed by atoms with E-state index in [9.17, 15) is 14.7 Å². The number of unbranched alkanes of at least 4 members (excludes halogenated alkanes) is 2. The van der Waals surface area contributed by atoms with Gasteiger partial charge >= 0.3 is 5.91 Å². The Balaban J connectivity index is 1.39. The van der Waals surface area contributed by atoms with Gasteiger partial charge in [-0.05, 0) is 54.8 Å². The highest BCUT2D eigenvalue weighted by Gasteiger charge is 2.49. The zero-order valence-electron chi connectivity index (χ0n) is 24.6. The third-order valence-electron chi connectivity index (χ3n) is 7.50. The molecule has 1 aliphatic rings. The summed E-state index contributed by atoms with van der Waals surface area (Å²) in [7, 11) is 0. The molecular formula is C33H30ClN5O4S2. The van der Waals surface area contributed by atoms with Crippen molar-refractivity contribution in [2.45, 2.75) is 49.2 Å². The van der Waals surface area contributed by atoms with Crippen molar-refractivity contribution in [3.8, 4) is 5.75 Å². The van der Waals surface area contributed by atoms with Crippen molar-refractivity contribution in [1.82, 2.24) is 19.6 Å². The summed E-state index contributed by atoms with van der Waals surface area (Å²) in [5.41, 5.74) is 2.98. The largest absolute Gasteiger partial charge is 0.505 e. The number of aromatic nitrogens is 4. The topological polar surface area (TPSA) is 110 Å². The summed E-state index contributed by atoms with van der Waals surface area (Å²) in [6.07, 6.45) is 4.88. The first-order valence-electron chi connectivity index (χ1n) is 14.5. The second-order valence-corrected chi connectivity index (χ2v) is 13.1. The number of aryl methyl sites for hydroxylation is 1. The second kappa shape index (κ2) is 13.4. The average molecular weight is 660 g/mol. The van der Waals surface area contributed by atoms with E-state index in [-0.39, 0.29) is 16.5 Å². The maximum Gasteiger partial charge on any atom is 0.301 e. The minimum absolute atomic E-state index is 0.0502. The fourth-order valence-corrected chi connectivity index (χ4v) is 7.43. The molecule has 1 saturated heterocycles. The monoisotopic (exact) mass is 659 g/mol. The van der Waals surface area contributed by atoms with Gasteiger partial charge in [-0.2, -0.15) is 0 Å². The molecule has 1 aliphatic heterocycles. The highest BCUT2D eigenvalue weighted by atomic mass is 35.5. The smallest absolute Gasteiger partial charge is 0.301 e. The maximum atomic E-state index is 13.8. The van der Waals surface area contributed by atoms with Crippen LogP contribution in [-0.2, 0) is 15.3 Å². The van der Waals surface area contributed by atoms with Gasteiger partial charge in [0.05, 0.1) is 23.9 Å². The van der Waals surface area contributed by atoms with Gasteiger partial charge in [-0.25, -0.2) is 4.98 Å². The lowest BCUT2D eigenvalue weighted by Gasteiger charge is -2.22. The van der Waals surface area contributed by atoms with E-state index in [1.807, 2.05) is 54.6 Å². The number of hydrogen-bond donors (Lipinski definition) is 1. The van der Waals surface area contributed by atoms with Gasteiger partial charge in [0.2, 0.25) is 5.13 Å². The Morgan fingerprint density at radius 2 is 1.82 bits per heavy atom. The maximum absolute atomic E-state index is 13.8. The number of carbonyl (C=O) groups is 2. The molecule has 1 atom stereocenters. The first kappa shape index (κ1) is 30.8. The number of amides is 1. The number of rotatable bonds is 11. The molecule has 0 bridgehead atoms. The van der Waals surface area contributed by atoms with Crippen molar-refractivity contribution in [2.24, 2.45) is 0 Å². The van der Waals surface area contributed by atoms with Crippen LogP contribution >= 0.6 is 34.7 Å². The summed E-state index contributed by atoms with van der Waals surface area (Å²) in [4.78, 5) is 33.3. The summed E-state index contributed by atoms with van der Waals surface area (Å²) in [5.74, 6) is -0.688. The number of anilines is 1. The number of aliphatic hydroxyl groups excluding tert-OH is 1. The fourth-order valence-electron chi connectivity index (χ4n) is 5.27. The van der Waals surface area contributed by atoms with Crippen LogP contribution in [0.4, 0.5) is 5.13 Å². The van der Waals surface area contributed by atoms with Gasteiger partial charge in [-0.1, -0.05) is 90.9 Å². The molecule has 230 valence electrons. The zero-order valence-corrected chi connectivity index (χ0v) is 27.0. The Morgan fingerprint density at radius 1 is 1.04 bits per heavy atom. The van der Waals surface area contributed by atoms with E-state index in [4.69, 9.17) is 16.3 Å². The predicted molar refractivity (Wildman–Crippen MR) is 177 cm³/mol. The van der Waals surface area contributed by atoms with Crippen molar-refractivity contribution < 1.29 is 19.4 Å². The van der Waals surface area contributed by atoms with E-state index in [0.29, 0.717) is 50.1 Å². The summed E-state index contributed by atoms with van der Waals surface area (Å²) >= 11 is 8.96. The molecule has 1 N–H and O–H groups in total. The summed E-state index contributed by atoms with van der Waals surface area (Å²) in [5, 5.41) is 21.3. The number of thioether (sulfide) groups is 1. The number of pyridine rings is 1. The Morgan fingerprint density at radius 3 is 2.60 bits per heavy atom. The number of carbonyl (C=O) groups excluding carboxylic acids is 2. The molecular weight excluding hydrogens is 630 g/mol. The zero-order chi connectivity index (χ0) is 31.5. The highest BCUT2D eigenvalue weighted by molar-refractivity contribution is 8.00. The number of ketones is 1. The second-order valence-electron chi connectivity index (χ2n) is 10.5. The van der Waals surface area contributed by atoms with Crippen molar-refractivity contribution in [2.75, 3.05) is 11.5 Å². The SMILES string of the molecule is CCCCCOc1ccc(C2/C(=C(\O)c3c(C)nc4ccccn34)C(=O)C(=O)N2c2nnc(SCc3ccccc3Cl)s2)cc1. The number of benzene rings is 2. The number of nitrogens with zero attached hydrogens (tertiary/aromatic N) is 5. The molecule has 5 aromatic rings. The van der Waals surface area contributed by atoms with Crippen molar-refractivity contribution >= 4 is 62.9 Å². The Bertz CT molecular complexity index is 1900. The number of Topliss-reactive ketones (excluding diaryl/α,β-unsaturated/α-hetero) is 1. The summed E-state index contributed by atoms with van der Waals surface area (Å²) in [6.45, 7) is 4.49. The molecule has 0 spiro atoms. The van der Waals surface area contributed by atoms with Crippen LogP contribution in [0.15, 0.2) is 82.8 Å². The van der Waals surface area contributed by atoms with E-state index in [2.05, 4.69) is 22.1 Å². The summed E-state index contributed by atoms with van der Waals surface area (Å²) in [6, 6.07) is 19.3. The highest BCUT2D eigenvalue weighted by Crippen LogP contribution is 2.44.